The third-order valence-corrected chi connectivity index (χ3v) is 4.90. The molecule has 0 radical (unpaired) electrons. The highest BCUT2D eigenvalue weighted by Gasteiger charge is 2.34. The Kier molecular flexibility index (Phi) is 6.39. The Hall–Kier alpha value is -1.86. The first kappa shape index (κ1) is 18.5. The summed E-state index contributed by atoms with van der Waals surface area (Å²) in [5, 5.41) is 1.04. The number of aliphatic imine (C=N–C) groups is 1. The predicted molar refractivity (Wildman–Crippen MR) is 101 cm³/mol. The molecule has 2 aromatic rings. The molecule has 124 valence electrons. The number of hydrogen-bond acceptors (Lipinski definition) is 2. The first-order chi connectivity index (χ1) is 11.5. The van der Waals surface area contributed by atoms with Gasteiger partial charge in [0.2, 0.25) is 6.08 Å². The van der Waals surface area contributed by atoms with Gasteiger partial charge in [0.15, 0.2) is 0 Å². The van der Waals surface area contributed by atoms with E-state index in [0.717, 1.165) is 11.1 Å². The molecule has 0 aromatic heterocycles. The monoisotopic (exact) mass is 359 g/mol. The van der Waals surface area contributed by atoms with Crippen LogP contribution < -0.4 is 0 Å². The SMILES string of the molecule is CC(C)C(CC=Cc1ccc(Cl)c(Cl)c1)(N=C=O)c1ccccc1. The first-order valence-electron chi connectivity index (χ1n) is 7.76. The number of rotatable bonds is 6. The molecule has 0 N–H and O–H groups in total. The normalized spacial score (nSPS) is 13.7. The maximum Gasteiger partial charge on any atom is 0.235 e. The second kappa shape index (κ2) is 8.30. The van der Waals surface area contributed by atoms with Crippen molar-refractivity contribution in [3.8, 4) is 0 Å². The molecule has 0 aliphatic heterocycles. The van der Waals surface area contributed by atoms with Crippen LogP contribution in [0.15, 0.2) is 59.6 Å². The number of carbonyl (C=O) groups excluding carboxylic acids is 1. The van der Waals surface area contributed by atoms with Crippen LogP contribution in [0.3, 0.4) is 0 Å². The van der Waals surface area contributed by atoms with Gasteiger partial charge in [0.25, 0.3) is 0 Å². The van der Waals surface area contributed by atoms with E-state index in [0.29, 0.717) is 16.5 Å². The smallest absolute Gasteiger partial charge is 0.211 e. The van der Waals surface area contributed by atoms with E-state index in [2.05, 4.69) is 18.8 Å². The lowest BCUT2D eigenvalue weighted by Gasteiger charge is -2.32. The van der Waals surface area contributed by atoms with E-state index in [1.165, 1.54) is 0 Å². The van der Waals surface area contributed by atoms with Gasteiger partial charge in [-0.2, -0.15) is 4.99 Å². The molecule has 0 bridgehead atoms. The third kappa shape index (κ3) is 4.15. The van der Waals surface area contributed by atoms with Crippen molar-refractivity contribution in [3.05, 3.63) is 75.8 Å². The van der Waals surface area contributed by atoms with E-state index < -0.39 is 5.54 Å². The van der Waals surface area contributed by atoms with Gasteiger partial charge in [-0.3, -0.25) is 0 Å². The zero-order chi connectivity index (χ0) is 17.6. The standard InChI is InChI=1S/C20H19Cl2NO/c1-15(2)20(23-14-24,17-8-4-3-5-9-17)12-6-7-16-10-11-18(21)19(22)13-16/h3-11,13,15H,12H2,1-2H3. The van der Waals surface area contributed by atoms with Crippen LogP contribution in [0, 0.1) is 5.92 Å². The van der Waals surface area contributed by atoms with Crippen LogP contribution in [0.25, 0.3) is 6.08 Å². The fraction of sp³-hybridized carbons (Fsp3) is 0.250. The van der Waals surface area contributed by atoms with Crippen LogP contribution in [0.4, 0.5) is 0 Å². The predicted octanol–water partition coefficient (Wildman–Crippen LogP) is 6.28. The molecule has 0 heterocycles. The maximum atomic E-state index is 11.1. The molecule has 0 amide bonds. The van der Waals surface area contributed by atoms with Gasteiger partial charge in [-0.05, 0) is 35.6 Å². The van der Waals surface area contributed by atoms with Crippen LogP contribution in [0.2, 0.25) is 10.0 Å². The Labute approximate surface area is 152 Å². The lowest BCUT2D eigenvalue weighted by atomic mass is 9.77. The Morgan fingerprint density at radius 3 is 2.42 bits per heavy atom. The maximum absolute atomic E-state index is 11.1. The van der Waals surface area contributed by atoms with Crippen molar-refractivity contribution in [2.45, 2.75) is 25.8 Å². The summed E-state index contributed by atoms with van der Waals surface area (Å²) >= 11 is 12.0. The third-order valence-electron chi connectivity index (χ3n) is 4.16. The van der Waals surface area contributed by atoms with E-state index >= 15 is 0 Å². The van der Waals surface area contributed by atoms with E-state index in [4.69, 9.17) is 23.2 Å². The highest BCUT2D eigenvalue weighted by atomic mass is 35.5. The minimum atomic E-state index is -0.629. The summed E-state index contributed by atoms with van der Waals surface area (Å²) in [6, 6.07) is 15.3. The van der Waals surface area contributed by atoms with Crippen LogP contribution in [0.5, 0.6) is 0 Å². The van der Waals surface area contributed by atoms with Crippen molar-refractivity contribution in [2.24, 2.45) is 10.9 Å². The molecule has 0 saturated carbocycles. The quantitative estimate of drug-likeness (QED) is 0.440. The molecule has 0 aliphatic carbocycles. The van der Waals surface area contributed by atoms with Gasteiger partial charge in [-0.15, -0.1) is 0 Å². The average Bonchev–Trinajstić information content (AvgIpc) is 2.58. The number of isocyanates is 1. The number of halogens is 2. The second-order valence-electron chi connectivity index (χ2n) is 5.93. The van der Waals surface area contributed by atoms with Crippen LogP contribution in [-0.4, -0.2) is 6.08 Å². The summed E-state index contributed by atoms with van der Waals surface area (Å²) in [6.45, 7) is 4.11. The number of hydrogen-bond donors (Lipinski definition) is 0. The summed E-state index contributed by atoms with van der Waals surface area (Å²) in [4.78, 5) is 15.2. The van der Waals surface area contributed by atoms with Crippen molar-refractivity contribution in [2.75, 3.05) is 0 Å². The van der Waals surface area contributed by atoms with Gasteiger partial charge >= 0.3 is 0 Å². The number of benzene rings is 2. The van der Waals surface area contributed by atoms with Crippen molar-refractivity contribution in [3.63, 3.8) is 0 Å². The molecule has 4 heteroatoms. The van der Waals surface area contributed by atoms with Crippen LogP contribution >= 0.6 is 23.2 Å². The molecule has 0 saturated heterocycles. The van der Waals surface area contributed by atoms with Gasteiger partial charge < -0.3 is 0 Å². The molecular formula is C20H19Cl2NO. The largest absolute Gasteiger partial charge is 0.235 e. The van der Waals surface area contributed by atoms with Gasteiger partial charge in [-0.1, -0.05) is 85.6 Å². The summed E-state index contributed by atoms with van der Waals surface area (Å²) in [5.41, 5.74) is 1.32. The fourth-order valence-electron chi connectivity index (χ4n) is 2.73. The van der Waals surface area contributed by atoms with Gasteiger partial charge in [-0.25, -0.2) is 4.79 Å². The summed E-state index contributed by atoms with van der Waals surface area (Å²) in [6.07, 6.45) is 6.31. The molecule has 0 fully saturated rings. The summed E-state index contributed by atoms with van der Waals surface area (Å²) < 4.78 is 0. The van der Waals surface area contributed by atoms with E-state index in [1.54, 1.807) is 12.1 Å². The Morgan fingerprint density at radius 1 is 1.12 bits per heavy atom. The molecule has 2 aromatic carbocycles. The van der Waals surface area contributed by atoms with Gasteiger partial charge in [0.1, 0.15) is 5.54 Å². The first-order valence-corrected chi connectivity index (χ1v) is 8.51. The van der Waals surface area contributed by atoms with Crippen LogP contribution in [0.1, 0.15) is 31.4 Å². The Bertz CT molecular complexity index is 764. The number of nitrogens with zero attached hydrogens (tertiary/aromatic N) is 1. The summed E-state index contributed by atoms with van der Waals surface area (Å²) in [5.74, 6) is 0.139. The molecule has 1 atom stereocenters. The van der Waals surface area contributed by atoms with Crippen molar-refractivity contribution in [1.29, 1.82) is 0 Å². The van der Waals surface area contributed by atoms with E-state index in [9.17, 15) is 4.79 Å². The van der Waals surface area contributed by atoms with Crippen molar-refractivity contribution in [1.82, 2.24) is 0 Å². The Balaban J connectivity index is 2.33. The molecule has 24 heavy (non-hydrogen) atoms. The van der Waals surface area contributed by atoms with Crippen LogP contribution in [-0.2, 0) is 10.3 Å². The zero-order valence-corrected chi connectivity index (χ0v) is 15.2. The van der Waals surface area contributed by atoms with Gasteiger partial charge in [0.05, 0.1) is 10.0 Å². The average molecular weight is 360 g/mol. The molecule has 1 unspecified atom stereocenters. The lowest BCUT2D eigenvalue weighted by molar-refractivity contribution is 0.322. The lowest BCUT2D eigenvalue weighted by Crippen LogP contribution is -2.29. The second-order valence-corrected chi connectivity index (χ2v) is 6.74. The minimum Gasteiger partial charge on any atom is -0.211 e. The molecular weight excluding hydrogens is 341 g/mol. The molecule has 2 rings (SSSR count). The van der Waals surface area contributed by atoms with Crippen molar-refractivity contribution < 1.29 is 4.79 Å². The topological polar surface area (TPSA) is 29.4 Å². The summed E-state index contributed by atoms with van der Waals surface area (Å²) in [7, 11) is 0. The van der Waals surface area contributed by atoms with Gasteiger partial charge in [0, 0.05) is 0 Å². The molecule has 0 aliphatic rings. The van der Waals surface area contributed by atoms with E-state index in [1.807, 2.05) is 54.6 Å². The Morgan fingerprint density at radius 2 is 1.83 bits per heavy atom. The molecule has 2 nitrogen and oxygen atoms in total. The minimum absolute atomic E-state index is 0.139. The van der Waals surface area contributed by atoms with E-state index in [-0.39, 0.29) is 5.92 Å². The highest BCUT2D eigenvalue weighted by Crippen LogP contribution is 2.37. The zero-order valence-electron chi connectivity index (χ0n) is 13.7. The fourth-order valence-corrected chi connectivity index (χ4v) is 3.03. The van der Waals surface area contributed by atoms with Crippen molar-refractivity contribution >= 4 is 35.4 Å². The highest BCUT2D eigenvalue weighted by molar-refractivity contribution is 6.42. The molecule has 0 spiro atoms.